The number of esters is 3. The molecule has 0 aromatic heterocycles. The quantitative estimate of drug-likeness (QED) is 0.387. The Morgan fingerprint density at radius 1 is 1.05 bits per heavy atom. The Hall–Kier alpha value is -1.68. The van der Waals surface area contributed by atoms with E-state index in [4.69, 9.17) is 24.7 Å². The van der Waals surface area contributed by atoms with Crippen LogP contribution in [0.15, 0.2) is 0 Å². The third kappa shape index (κ3) is 4.17. The molecule has 2 N–H and O–H groups in total. The van der Waals surface area contributed by atoms with E-state index < -0.39 is 46.6 Å². The zero-order valence-corrected chi connectivity index (χ0v) is 13.7. The summed E-state index contributed by atoms with van der Waals surface area (Å²) in [6.45, 7) is 3.07. The maximum Gasteiger partial charge on any atom is 0.303 e. The van der Waals surface area contributed by atoms with Crippen LogP contribution >= 0.6 is 15.9 Å². The van der Waals surface area contributed by atoms with Crippen LogP contribution in [0.1, 0.15) is 20.8 Å². The second-order valence-corrected chi connectivity index (χ2v) is 5.75. The molecule has 1 heterocycles. The van der Waals surface area contributed by atoms with E-state index in [9.17, 15) is 19.2 Å². The maximum atomic E-state index is 11.6. The molecule has 124 valence electrons. The van der Waals surface area contributed by atoms with Crippen molar-refractivity contribution < 1.29 is 38.1 Å². The number of ether oxygens (including phenoxy) is 4. The summed E-state index contributed by atoms with van der Waals surface area (Å²) in [5.41, 5.74) is 5.26. The number of nitrogens with two attached hydrogens (primary N) is 1. The molecule has 0 aromatic carbocycles. The molecule has 0 unspecified atom stereocenters. The van der Waals surface area contributed by atoms with Crippen LogP contribution in [0.5, 0.6) is 0 Å². The van der Waals surface area contributed by atoms with E-state index in [1.807, 2.05) is 0 Å². The van der Waals surface area contributed by atoms with Crippen molar-refractivity contribution in [2.75, 3.05) is 6.61 Å². The molecule has 0 bridgehead atoms. The Morgan fingerprint density at radius 3 is 1.95 bits per heavy atom. The van der Waals surface area contributed by atoms with Crippen LogP contribution in [-0.4, -0.2) is 53.2 Å². The summed E-state index contributed by atoms with van der Waals surface area (Å²) in [6, 6.07) is 0. The molecule has 0 aliphatic carbocycles. The molecule has 10 heteroatoms. The topological polar surface area (TPSA) is 131 Å². The lowest BCUT2D eigenvalue weighted by Gasteiger charge is -2.43. The average molecular weight is 382 g/mol. The lowest BCUT2D eigenvalue weighted by molar-refractivity contribution is -0.229. The SMILES string of the molecule is CC(=O)O[C@@H]1[C@H](OC(C)=O)CO[C@](Br)(C(N)=O)[C@H]1OC(C)=O. The fraction of sp³-hybridized carbons (Fsp3) is 0.667. The molecule has 1 aliphatic rings. The van der Waals surface area contributed by atoms with Crippen molar-refractivity contribution in [3.05, 3.63) is 0 Å². The van der Waals surface area contributed by atoms with Crippen LogP contribution < -0.4 is 5.73 Å². The van der Waals surface area contributed by atoms with E-state index in [2.05, 4.69) is 15.9 Å². The van der Waals surface area contributed by atoms with Crippen molar-refractivity contribution in [3.8, 4) is 0 Å². The number of carbonyl (C=O) groups excluding carboxylic acids is 4. The lowest BCUT2D eigenvalue weighted by Crippen LogP contribution is -2.65. The molecule has 22 heavy (non-hydrogen) atoms. The highest BCUT2D eigenvalue weighted by Crippen LogP contribution is 2.36. The number of rotatable bonds is 4. The number of hydrogen-bond donors (Lipinski definition) is 1. The van der Waals surface area contributed by atoms with Gasteiger partial charge in [-0.25, -0.2) is 0 Å². The summed E-state index contributed by atoms with van der Waals surface area (Å²) >= 11 is 2.97. The first kappa shape index (κ1) is 18.4. The van der Waals surface area contributed by atoms with Gasteiger partial charge in [0.1, 0.15) is 0 Å². The predicted octanol–water partition coefficient (Wildman–Crippen LogP) is -0.612. The molecular weight excluding hydrogens is 366 g/mol. The summed E-state index contributed by atoms with van der Waals surface area (Å²) in [5, 5.41) is 0. The largest absolute Gasteiger partial charge is 0.456 e. The fourth-order valence-electron chi connectivity index (χ4n) is 1.96. The third-order valence-electron chi connectivity index (χ3n) is 2.74. The highest BCUT2D eigenvalue weighted by molar-refractivity contribution is 9.10. The Labute approximate surface area is 134 Å². The van der Waals surface area contributed by atoms with E-state index in [1.165, 1.54) is 0 Å². The number of alkyl halides is 1. The predicted molar refractivity (Wildman–Crippen MR) is 73.5 cm³/mol. The van der Waals surface area contributed by atoms with Crippen LogP contribution in [0, 0.1) is 0 Å². The molecule has 1 saturated heterocycles. The van der Waals surface area contributed by atoms with Gasteiger partial charge in [0.2, 0.25) is 4.51 Å². The molecule has 0 saturated carbocycles. The van der Waals surface area contributed by atoms with Gasteiger partial charge in [0, 0.05) is 20.8 Å². The fourth-order valence-corrected chi connectivity index (χ4v) is 2.45. The van der Waals surface area contributed by atoms with Gasteiger partial charge in [0.05, 0.1) is 6.61 Å². The Kier molecular flexibility index (Phi) is 5.89. The smallest absolute Gasteiger partial charge is 0.303 e. The van der Waals surface area contributed by atoms with Gasteiger partial charge in [-0.2, -0.15) is 0 Å². The summed E-state index contributed by atoms with van der Waals surface area (Å²) in [4.78, 5) is 45.3. The van der Waals surface area contributed by atoms with Crippen LogP contribution in [0.4, 0.5) is 0 Å². The highest BCUT2D eigenvalue weighted by Gasteiger charge is 2.58. The average Bonchev–Trinajstić information content (AvgIpc) is 2.35. The van der Waals surface area contributed by atoms with Crippen molar-refractivity contribution in [2.45, 2.75) is 43.6 Å². The van der Waals surface area contributed by atoms with Crippen LogP contribution in [0.2, 0.25) is 0 Å². The molecule has 1 aliphatic heterocycles. The molecule has 9 nitrogen and oxygen atoms in total. The molecular formula is C12H16BrNO8. The summed E-state index contributed by atoms with van der Waals surface area (Å²) in [7, 11) is 0. The van der Waals surface area contributed by atoms with E-state index in [0.717, 1.165) is 20.8 Å². The van der Waals surface area contributed by atoms with Crippen LogP contribution in [0.3, 0.4) is 0 Å². The minimum Gasteiger partial charge on any atom is -0.456 e. The monoisotopic (exact) mass is 381 g/mol. The minimum atomic E-state index is -1.91. The van der Waals surface area contributed by atoms with Crippen molar-refractivity contribution >= 4 is 39.7 Å². The first-order chi connectivity index (χ1) is 10.1. The van der Waals surface area contributed by atoms with E-state index >= 15 is 0 Å². The molecule has 4 atom stereocenters. The highest BCUT2D eigenvalue weighted by atomic mass is 79.9. The summed E-state index contributed by atoms with van der Waals surface area (Å²) < 4.78 is 18.4. The zero-order valence-electron chi connectivity index (χ0n) is 12.2. The molecule has 0 radical (unpaired) electrons. The minimum absolute atomic E-state index is 0.288. The van der Waals surface area contributed by atoms with Gasteiger partial charge in [-0.3, -0.25) is 19.2 Å². The number of halogens is 1. The second kappa shape index (κ2) is 7.05. The molecule has 0 spiro atoms. The van der Waals surface area contributed by atoms with E-state index in [1.54, 1.807) is 0 Å². The standard InChI is InChI=1S/C12H16BrNO8/c1-5(15)20-8-4-19-12(13,11(14)18)10(22-7(3)17)9(8)21-6(2)16/h8-10H,4H2,1-3H3,(H2,14,18)/t8-,9-,10+,12+/m1/s1. The van der Waals surface area contributed by atoms with Gasteiger partial charge in [-0.15, -0.1) is 0 Å². The first-order valence-electron chi connectivity index (χ1n) is 6.22. The Balaban J connectivity index is 3.21. The van der Waals surface area contributed by atoms with Crippen molar-refractivity contribution in [3.63, 3.8) is 0 Å². The number of primary amides is 1. The van der Waals surface area contributed by atoms with Gasteiger partial charge in [0.15, 0.2) is 18.3 Å². The number of hydrogen-bond acceptors (Lipinski definition) is 8. The number of carbonyl (C=O) groups is 4. The molecule has 1 fully saturated rings. The van der Waals surface area contributed by atoms with Gasteiger partial charge in [-0.05, 0) is 15.9 Å². The van der Waals surface area contributed by atoms with E-state index in [0.29, 0.717) is 0 Å². The zero-order chi connectivity index (χ0) is 17.1. The van der Waals surface area contributed by atoms with Gasteiger partial charge < -0.3 is 24.7 Å². The Morgan fingerprint density at radius 2 is 1.55 bits per heavy atom. The molecule has 1 amide bonds. The first-order valence-corrected chi connectivity index (χ1v) is 7.01. The molecule has 0 aromatic rings. The summed E-state index contributed by atoms with van der Waals surface area (Å²) in [5.74, 6) is -3.13. The van der Waals surface area contributed by atoms with E-state index in [-0.39, 0.29) is 6.61 Å². The lowest BCUT2D eigenvalue weighted by atomic mass is 9.98. The molecule has 1 rings (SSSR count). The van der Waals surface area contributed by atoms with Crippen molar-refractivity contribution in [1.82, 2.24) is 0 Å². The van der Waals surface area contributed by atoms with Gasteiger partial charge in [0.25, 0.3) is 5.91 Å². The normalized spacial score (nSPS) is 31.0. The van der Waals surface area contributed by atoms with Gasteiger partial charge in [-0.1, -0.05) is 0 Å². The van der Waals surface area contributed by atoms with Gasteiger partial charge >= 0.3 is 17.9 Å². The van der Waals surface area contributed by atoms with Crippen LogP contribution in [0.25, 0.3) is 0 Å². The Bertz CT molecular complexity index is 496. The summed E-state index contributed by atoms with van der Waals surface area (Å²) in [6.07, 6.45) is -3.74. The second-order valence-electron chi connectivity index (χ2n) is 4.57. The third-order valence-corrected chi connectivity index (χ3v) is 3.81. The van der Waals surface area contributed by atoms with Crippen LogP contribution in [-0.2, 0) is 38.1 Å². The number of amides is 1. The maximum absolute atomic E-state index is 11.6. The van der Waals surface area contributed by atoms with Crippen molar-refractivity contribution in [1.29, 1.82) is 0 Å². The van der Waals surface area contributed by atoms with Crippen molar-refractivity contribution in [2.24, 2.45) is 5.73 Å².